The lowest BCUT2D eigenvalue weighted by Gasteiger charge is -2.21. The van der Waals surface area contributed by atoms with Crippen molar-refractivity contribution in [2.75, 3.05) is 6.54 Å². The quantitative estimate of drug-likeness (QED) is 0.168. The van der Waals surface area contributed by atoms with Crippen LogP contribution in [-0.2, 0) is 6.61 Å². The number of hydrogen-bond donors (Lipinski definition) is 2. The molecule has 1 aromatic heterocycles. The summed E-state index contributed by atoms with van der Waals surface area (Å²) in [6.45, 7) is 1.19. The summed E-state index contributed by atoms with van der Waals surface area (Å²) in [5.41, 5.74) is 7.74. The normalized spacial score (nSPS) is 16.5. The number of likely N-dealkylation sites (tertiary alicyclic amines) is 1. The summed E-state index contributed by atoms with van der Waals surface area (Å²) in [6, 6.07) is 19.9. The SMILES string of the molecule is N/C(=N\O)N1CCC[C@@H]1c1nc(-c2ccc3cc(OCc4ccc(Br)cc4)ccc3c2)no1. The third-order valence-electron chi connectivity index (χ3n) is 5.76. The molecule has 3 N–H and O–H groups in total. The van der Waals surface area contributed by atoms with Crippen LogP contribution in [0.5, 0.6) is 5.75 Å². The molecule has 0 saturated carbocycles. The Morgan fingerprint density at radius 1 is 1.15 bits per heavy atom. The van der Waals surface area contributed by atoms with Crippen LogP contribution in [0, 0.1) is 0 Å². The van der Waals surface area contributed by atoms with Gasteiger partial charge in [0, 0.05) is 16.6 Å². The van der Waals surface area contributed by atoms with Crippen molar-refractivity contribution in [1.29, 1.82) is 0 Å². The van der Waals surface area contributed by atoms with Gasteiger partial charge in [-0.15, -0.1) is 0 Å². The van der Waals surface area contributed by atoms with E-state index in [9.17, 15) is 0 Å². The molecule has 5 rings (SSSR count). The Kier molecular flexibility index (Phi) is 5.87. The van der Waals surface area contributed by atoms with E-state index in [1.807, 2.05) is 60.7 Å². The monoisotopic (exact) mass is 507 g/mol. The van der Waals surface area contributed by atoms with Crippen LogP contribution in [0.2, 0.25) is 0 Å². The molecular formula is C24H22BrN5O3. The molecule has 0 unspecified atom stereocenters. The molecule has 1 aliphatic heterocycles. The van der Waals surface area contributed by atoms with Gasteiger partial charge < -0.3 is 25.1 Å². The van der Waals surface area contributed by atoms with Crippen molar-refractivity contribution in [2.45, 2.75) is 25.5 Å². The van der Waals surface area contributed by atoms with Gasteiger partial charge in [0.15, 0.2) is 0 Å². The van der Waals surface area contributed by atoms with E-state index in [0.717, 1.165) is 45.0 Å². The molecule has 0 spiro atoms. The Bertz CT molecular complexity index is 1310. The van der Waals surface area contributed by atoms with Gasteiger partial charge in [-0.25, -0.2) is 0 Å². The van der Waals surface area contributed by atoms with Gasteiger partial charge >= 0.3 is 0 Å². The number of oxime groups is 1. The van der Waals surface area contributed by atoms with Crippen molar-refractivity contribution in [3.8, 4) is 17.1 Å². The minimum atomic E-state index is -0.187. The van der Waals surface area contributed by atoms with Crippen LogP contribution in [0.15, 0.2) is 74.8 Å². The number of aromatic nitrogens is 2. The molecule has 168 valence electrons. The molecule has 2 heterocycles. The lowest BCUT2D eigenvalue weighted by Crippen LogP contribution is -2.36. The first-order valence-corrected chi connectivity index (χ1v) is 11.4. The highest BCUT2D eigenvalue weighted by molar-refractivity contribution is 9.10. The number of ether oxygens (including phenoxy) is 1. The van der Waals surface area contributed by atoms with Crippen molar-refractivity contribution >= 4 is 32.7 Å². The summed E-state index contributed by atoms with van der Waals surface area (Å²) in [5.74, 6) is 1.84. The maximum atomic E-state index is 9.01. The van der Waals surface area contributed by atoms with E-state index in [1.54, 1.807) is 4.90 Å². The van der Waals surface area contributed by atoms with Crippen molar-refractivity contribution in [3.63, 3.8) is 0 Å². The van der Waals surface area contributed by atoms with Crippen LogP contribution in [0.1, 0.15) is 30.3 Å². The van der Waals surface area contributed by atoms with E-state index in [-0.39, 0.29) is 12.0 Å². The van der Waals surface area contributed by atoms with E-state index in [4.69, 9.17) is 20.2 Å². The standard InChI is InChI=1S/C24H22BrN5O3/c25-19-8-3-15(4-9-19)14-32-20-10-7-16-12-18(6-5-17(16)13-20)22-27-23(33-29-22)21-2-1-11-30(21)24(26)28-31/h3-10,12-13,21,31H,1-2,11,14H2,(H2,26,28)/t21-/m1/s1. The van der Waals surface area contributed by atoms with E-state index >= 15 is 0 Å². The predicted octanol–water partition coefficient (Wildman–Crippen LogP) is 5.07. The first kappa shape index (κ1) is 21.3. The molecule has 1 aliphatic rings. The molecule has 4 aromatic rings. The lowest BCUT2D eigenvalue weighted by atomic mass is 10.1. The zero-order valence-electron chi connectivity index (χ0n) is 17.7. The highest BCUT2D eigenvalue weighted by Gasteiger charge is 2.32. The van der Waals surface area contributed by atoms with Gasteiger partial charge in [-0.2, -0.15) is 4.98 Å². The number of nitrogens with zero attached hydrogens (tertiary/aromatic N) is 4. The van der Waals surface area contributed by atoms with Crippen molar-refractivity contribution in [2.24, 2.45) is 10.9 Å². The average molecular weight is 508 g/mol. The summed E-state index contributed by atoms with van der Waals surface area (Å²) in [4.78, 5) is 6.35. The molecule has 0 radical (unpaired) electrons. The topological polar surface area (TPSA) is 110 Å². The van der Waals surface area contributed by atoms with E-state index in [2.05, 4.69) is 31.2 Å². The second-order valence-corrected chi connectivity index (χ2v) is 8.82. The molecule has 33 heavy (non-hydrogen) atoms. The fourth-order valence-corrected chi connectivity index (χ4v) is 4.31. The average Bonchev–Trinajstić information content (AvgIpc) is 3.52. The molecule has 0 bridgehead atoms. The molecule has 3 aromatic carbocycles. The number of hydrogen-bond acceptors (Lipinski definition) is 6. The lowest BCUT2D eigenvalue weighted by molar-refractivity contribution is 0.263. The summed E-state index contributed by atoms with van der Waals surface area (Å²) >= 11 is 3.44. The summed E-state index contributed by atoms with van der Waals surface area (Å²) < 4.78 is 12.5. The maximum Gasteiger partial charge on any atom is 0.249 e. The van der Waals surface area contributed by atoms with Gasteiger partial charge in [0.25, 0.3) is 0 Å². The van der Waals surface area contributed by atoms with Gasteiger partial charge in [-0.05, 0) is 59.5 Å². The molecule has 1 fully saturated rings. The fraction of sp³-hybridized carbons (Fsp3) is 0.208. The van der Waals surface area contributed by atoms with E-state index in [1.165, 1.54) is 0 Å². The minimum absolute atomic E-state index is 0.0566. The molecule has 1 atom stereocenters. The molecule has 9 heteroatoms. The summed E-state index contributed by atoms with van der Waals surface area (Å²) in [7, 11) is 0. The highest BCUT2D eigenvalue weighted by Crippen LogP contribution is 2.32. The Hall–Kier alpha value is -3.59. The first-order chi connectivity index (χ1) is 16.1. The van der Waals surface area contributed by atoms with Gasteiger partial charge in [0.1, 0.15) is 18.4 Å². The van der Waals surface area contributed by atoms with Crippen LogP contribution < -0.4 is 10.5 Å². The summed E-state index contributed by atoms with van der Waals surface area (Å²) in [5, 5.41) is 18.4. The zero-order valence-corrected chi connectivity index (χ0v) is 19.3. The summed E-state index contributed by atoms with van der Waals surface area (Å²) in [6.07, 6.45) is 1.71. The van der Waals surface area contributed by atoms with Crippen molar-refractivity contribution < 1.29 is 14.5 Å². The van der Waals surface area contributed by atoms with Crippen LogP contribution >= 0.6 is 15.9 Å². The number of halogens is 1. The second-order valence-electron chi connectivity index (χ2n) is 7.90. The van der Waals surface area contributed by atoms with Gasteiger partial charge in [0.05, 0.1) is 0 Å². The van der Waals surface area contributed by atoms with Crippen molar-refractivity contribution in [3.05, 3.63) is 76.6 Å². The fourth-order valence-electron chi connectivity index (χ4n) is 4.04. The van der Waals surface area contributed by atoms with Gasteiger partial charge in [0.2, 0.25) is 17.7 Å². The molecule has 0 aliphatic carbocycles. The number of nitrogens with two attached hydrogens (primary N) is 1. The molecule has 8 nitrogen and oxygen atoms in total. The Morgan fingerprint density at radius 3 is 2.76 bits per heavy atom. The molecular weight excluding hydrogens is 486 g/mol. The third-order valence-corrected chi connectivity index (χ3v) is 6.29. The smallest absolute Gasteiger partial charge is 0.249 e. The van der Waals surface area contributed by atoms with E-state index in [0.29, 0.717) is 24.9 Å². The zero-order chi connectivity index (χ0) is 22.8. The molecule has 0 amide bonds. The van der Waals surface area contributed by atoms with Crippen LogP contribution in [0.3, 0.4) is 0 Å². The first-order valence-electron chi connectivity index (χ1n) is 10.6. The number of rotatable bonds is 5. The minimum Gasteiger partial charge on any atom is -0.489 e. The van der Waals surface area contributed by atoms with Crippen LogP contribution in [0.25, 0.3) is 22.2 Å². The van der Waals surface area contributed by atoms with E-state index < -0.39 is 0 Å². The number of guanidine groups is 1. The Balaban J connectivity index is 1.33. The van der Waals surface area contributed by atoms with Gasteiger partial charge in [-0.3, -0.25) is 0 Å². The van der Waals surface area contributed by atoms with Gasteiger partial charge in [-0.1, -0.05) is 56.6 Å². The second kappa shape index (κ2) is 9.11. The molecule has 1 saturated heterocycles. The number of fused-ring (bicyclic) bond motifs is 1. The predicted molar refractivity (Wildman–Crippen MR) is 128 cm³/mol. The maximum absolute atomic E-state index is 9.01. The Morgan fingerprint density at radius 2 is 1.94 bits per heavy atom. The van der Waals surface area contributed by atoms with Crippen molar-refractivity contribution in [1.82, 2.24) is 15.0 Å². The van der Waals surface area contributed by atoms with Crippen LogP contribution in [0.4, 0.5) is 0 Å². The Labute approximate surface area is 198 Å². The number of benzene rings is 3. The van der Waals surface area contributed by atoms with Crippen LogP contribution in [-0.4, -0.2) is 32.8 Å². The highest BCUT2D eigenvalue weighted by atomic mass is 79.9. The third kappa shape index (κ3) is 4.49. The largest absolute Gasteiger partial charge is 0.489 e.